The molecule has 0 heterocycles. The highest BCUT2D eigenvalue weighted by molar-refractivity contribution is 7.86. The molecule has 8 atom stereocenters. The number of carbonyl (C=O) groups excluding carboxylic acids is 1. The molecule has 0 aliphatic heterocycles. The van der Waals surface area contributed by atoms with Gasteiger partial charge in [0.1, 0.15) is 0 Å². The molecule has 0 spiro atoms. The third-order valence-corrected chi connectivity index (χ3v) is 12.5. The molecule has 4 rings (SSSR count). The van der Waals surface area contributed by atoms with Crippen LogP contribution in [0, 0.1) is 40.4 Å². The molecule has 7 nitrogen and oxygen atoms in total. The Morgan fingerprint density at radius 1 is 1.10 bits per heavy atom. The molecule has 4 aliphatic rings. The van der Waals surface area contributed by atoms with Crippen molar-refractivity contribution in [1.29, 1.82) is 0 Å². The average molecular weight is 575 g/mol. The van der Waals surface area contributed by atoms with Gasteiger partial charge < -0.3 is 4.74 Å². The van der Waals surface area contributed by atoms with Crippen LogP contribution in [0.2, 0.25) is 0 Å². The summed E-state index contributed by atoms with van der Waals surface area (Å²) in [5, 5.41) is -3.22. The van der Waals surface area contributed by atoms with Gasteiger partial charge in [-0.3, -0.25) is 14.3 Å². The number of halogens is 2. The van der Waals surface area contributed by atoms with E-state index in [2.05, 4.69) is 27.5 Å². The highest BCUT2D eigenvalue weighted by Crippen LogP contribution is 2.71. The largest absolute Gasteiger partial charge is 0.444 e. The molecule has 0 unspecified atom stereocenters. The normalized spacial score (nSPS) is 39.7. The summed E-state index contributed by atoms with van der Waals surface area (Å²) in [4.78, 5) is 17.6. The Kier molecular flexibility index (Phi) is 8.14. The van der Waals surface area contributed by atoms with Crippen molar-refractivity contribution in [3.8, 4) is 0 Å². The van der Waals surface area contributed by atoms with Gasteiger partial charge in [0, 0.05) is 6.42 Å². The molecule has 39 heavy (non-hydrogen) atoms. The summed E-state index contributed by atoms with van der Waals surface area (Å²) < 4.78 is 63.2. The second kappa shape index (κ2) is 10.3. The topological polar surface area (TPSA) is 105 Å². The van der Waals surface area contributed by atoms with Gasteiger partial charge in [0.15, 0.2) is 5.72 Å². The third-order valence-electron chi connectivity index (χ3n) is 11.8. The number of rotatable bonds is 9. The van der Waals surface area contributed by atoms with Gasteiger partial charge in [0.05, 0.1) is 5.54 Å². The first kappa shape index (κ1) is 30.8. The van der Waals surface area contributed by atoms with Crippen molar-refractivity contribution in [3.63, 3.8) is 0 Å². The van der Waals surface area contributed by atoms with E-state index >= 15 is 0 Å². The molecule has 0 saturated heterocycles. The Morgan fingerprint density at radius 2 is 1.77 bits per heavy atom. The minimum absolute atomic E-state index is 0.0366. The van der Waals surface area contributed by atoms with Gasteiger partial charge in [-0.2, -0.15) is 17.2 Å². The van der Waals surface area contributed by atoms with E-state index in [1.165, 1.54) is 50.3 Å². The number of carbonyl (C=O) groups is 1. The summed E-state index contributed by atoms with van der Waals surface area (Å²) >= 11 is 0. The third kappa shape index (κ3) is 5.20. The molecule has 2 N–H and O–H groups in total. The minimum Gasteiger partial charge on any atom is -0.444 e. The molecule has 4 saturated carbocycles. The highest BCUT2D eigenvalue weighted by atomic mass is 32.2. The first-order valence-corrected chi connectivity index (χ1v) is 16.2. The van der Waals surface area contributed by atoms with Crippen LogP contribution in [0.1, 0.15) is 112 Å². The number of aliphatic imine (C=N–C) groups is 1. The quantitative estimate of drug-likeness (QED) is 0.106. The lowest BCUT2D eigenvalue weighted by molar-refractivity contribution is -0.167. The summed E-state index contributed by atoms with van der Waals surface area (Å²) in [5.41, 5.74) is -1.62. The van der Waals surface area contributed by atoms with Crippen LogP contribution in [0.25, 0.3) is 0 Å². The molecule has 0 radical (unpaired) electrons. The Morgan fingerprint density at radius 3 is 2.41 bits per heavy atom. The first-order valence-electron chi connectivity index (χ1n) is 14.8. The van der Waals surface area contributed by atoms with Crippen LogP contribution in [0.3, 0.4) is 0 Å². The highest BCUT2D eigenvalue weighted by Gasteiger charge is 2.67. The van der Waals surface area contributed by atoms with Crippen LogP contribution in [-0.4, -0.2) is 42.3 Å². The van der Waals surface area contributed by atoms with E-state index in [9.17, 15) is 22.0 Å². The maximum Gasteiger partial charge on any atom is 0.432 e. The first-order chi connectivity index (χ1) is 17.9. The zero-order valence-electron chi connectivity index (χ0n) is 24.3. The SMILES string of the molecule is C=N[C@]12CC[C@]3(C)[C@@H]([C@H](C)CCC(=O)OC(C)(C)NC(F)(F)S(=O)(=O)O)CC[C@H]3[C@@H]1CC[C@@H]1CCCC[C@@]12C. The Hall–Kier alpha value is -1.13. The predicted molar refractivity (Wildman–Crippen MR) is 147 cm³/mol. The van der Waals surface area contributed by atoms with E-state index in [4.69, 9.17) is 14.3 Å². The number of hydrogen-bond donors (Lipinski definition) is 2. The predicted octanol–water partition coefficient (Wildman–Crippen LogP) is 6.58. The van der Waals surface area contributed by atoms with Gasteiger partial charge in [-0.1, -0.05) is 33.6 Å². The van der Waals surface area contributed by atoms with Crippen LogP contribution in [0.4, 0.5) is 8.78 Å². The molecule has 0 bridgehead atoms. The average Bonchev–Trinajstić information content (AvgIpc) is 3.17. The van der Waals surface area contributed by atoms with Gasteiger partial charge in [-0.05, 0) is 119 Å². The number of esters is 1. The second-order valence-electron chi connectivity index (χ2n) is 14.0. The fourth-order valence-electron chi connectivity index (χ4n) is 9.91. The Bertz CT molecular complexity index is 1070. The molecule has 0 aromatic rings. The van der Waals surface area contributed by atoms with Crippen molar-refractivity contribution >= 4 is 22.8 Å². The summed E-state index contributed by atoms with van der Waals surface area (Å²) in [6.07, 6.45) is 12.8. The van der Waals surface area contributed by atoms with E-state index in [1.807, 2.05) is 0 Å². The molecule has 10 heteroatoms. The number of alkyl halides is 2. The van der Waals surface area contributed by atoms with Crippen LogP contribution >= 0.6 is 0 Å². The standard InChI is InChI=1S/C29H48F2N2O5S/c1-19(10-15-24(34)38-25(2,3)33-29(30,31)39(35,36)37)21-13-14-22-23-12-11-20-9-7-8-16-27(20,5)28(23,32-6)18-17-26(21,22)4/h19-23,33H,6-18H2,1-5H3,(H,35,36,37)/t19-,20+,21-,22+,23+,26-,27+,28-/m1/s1. The smallest absolute Gasteiger partial charge is 0.432 e. The molecule has 0 aromatic heterocycles. The van der Waals surface area contributed by atoms with E-state index in [0.717, 1.165) is 39.0 Å². The van der Waals surface area contributed by atoms with Crippen molar-refractivity contribution in [2.24, 2.45) is 45.4 Å². The monoisotopic (exact) mass is 574 g/mol. The van der Waals surface area contributed by atoms with Crippen molar-refractivity contribution in [2.75, 3.05) is 0 Å². The molecule has 224 valence electrons. The molecule has 0 aromatic carbocycles. The van der Waals surface area contributed by atoms with Crippen LogP contribution in [0.15, 0.2) is 4.99 Å². The fraction of sp³-hybridized carbons (Fsp3) is 0.931. The van der Waals surface area contributed by atoms with Crippen LogP contribution in [0.5, 0.6) is 0 Å². The Labute approximate surface area is 233 Å². The number of nitrogens with one attached hydrogen (secondary N) is 1. The van der Waals surface area contributed by atoms with Crippen molar-refractivity contribution in [1.82, 2.24) is 5.32 Å². The zero-order valence-corrected chi connectivity index (χ0v) is 25.1. The number of hydrogen-bond acceptors (Lipinski definition) is 6. The lowest BCUT2D eigenvalue weighted by Gasteiger charge is -2.65. The van der Waals surface area contributed by atoms with Crippen LogP contribution in [-0.2, 0) is 19.6 Å². The van der Waals surface area contributed by atoms with Crippen molar-refractivity contribution in [2.45, 2.75) is 128 Å². The number of ether oxygens (including phenoxy) is 1. The van der Waals surface area contributed by atoms with Crippen molar-refractivity contribution in [3.05, 3.63) is 0 Å². The van der Waals surface area contributed by atoms with Gasteiger partial charge >= 0.3 is 21.5 Å². The van der Waals surface area contributed by atoms with Gasteiger partial charge in [0.2, 0.25) is 0 Å². The number of fused-ring (bicyclic) bond motifs is 5. The van der Waals surface area contributed by atoms with Gasteiger partial charge in [-0.15, -0.1) is 0 Å². The van der Waals surface area contributed by atoms with E-state index in [-0.39, 0.29) is 28.7 Å². The summed E-state index contributed by atoms with van der Waals surface area (Å²) in [7, 11) is -5.70. The lowest BCUT2D eigenvalue weighted by Crippen LogP contribution is -2.64. The van der Waals surface area contributed by atoms with Crippen molar-refractivity contribution < 1.29 is 31.3 Å². The molecular weight excluding hydrogens is 526 g/mol. The maximum absolute atomic E-state index is 13.7. The summed E-state index contributed by atoms with van der Waals surface area (Å²) in [5.74, 6) is 1.88. The van der Waals surface area contributed by atoms with E-state index in [0.29, 0.717) is 24.2 Å². The lowest BCUT2D eigenvalue weighted by atomic mass is 9.41. The molecule has 4 aliphatic carbocycles. The van der Waals surface area contributed by atoms with Gasteiger partial charge in [-0.25, -0.2) is 5.32 Å². The van der Waals surface area contributed by atoms with E-state index < -0.39 is 27.2 Å². The summed E-state index contributed by atoms with van der Waals surface area (Å²) in [6, 6.07) is 0. The fourth-order valence-corrected chi connectivity index (χ4v) is 10.3. The second-order valence-corrected chi connectivity index (χ2v) is 15.5. The molecule has 0 amide bonds. The zero-order chi connectivity index (χ0) is 29.1. The molecular formula is C29H48F2N2O5S. The van der Waals surface area contributed by atoms with Gasteiger partial charge in [0.25, 0.3) is 0 Å². The maximum atomic E-state index is 13.7. The van der Waals surface area contributed by atoms with E-state index in [1.54, 1.807) is 0 Å². The molecule has 4 fully saturated rings. The van der Waals surface area contributed by atoms with Crippen LogP contribution < -0.4 is 5.32 Å². The summed E-state index contributed by atoms with van der Waals surface area (Å²) in [6.45, 7) is 13.6. The minimum atomic E-state index is -5.70. The Balaban J connectivity index is 1.40. The number of nitrogens with zero attached hydrogens (tertiary/aromatic N) is 1.